The molecular weight excluding hydrogens is 322 g/mol. The number of carbonyl (C=O) groups excluding carboxylic acids is 1. The number of hydrogen-bond donors (Lipinski definition) is 0. The van der Waals surface area contributed by atoms with E-state index in [2.05, 4.69) is 9.97 Å². The molecule has 1 aromatic heterocycles. The van der Waals surface area contributed by atoms with Crippen molar-refractivity contribution in [3.63, 3.8) is 0 Å². The molecule has 0 spiro atoms. The van der Waals surface area contributed by atoms with Crippen molar-refractivity contribution in [2.45, 2.75) is 20.8 Å². The van der Waals surface area contributed by atoms with E-state index < -0.39 is 10.9 Å². The molecule has 0 N–H and O–H groups in total. The van der Waals surface area contributed by atoms with Gasteiger partial charge in [-0.25, -0.2) is 9.78 Å². The van der Waals surface area contributed by atoms with Crippen LogP contribution in [0, 0.1) is 17.0 Å². The summed E-state index contributed by atoms with van der Waals surface area (Å²) in [4.78, 5) is 30.5. The van der Waals surface area contributed by atoms with E-state index in [1.54, 1.807) is 6.07 Å². The van der Waals surface area contributed by atoms with E-state index in [1.165, 1.54) is 30.5 Å². The molecule has 0 saturated carbocycles. The van der Waals surface area contributed by atoms with E-state index in [0.29, 0.717) is 11.0 Å². The van der Waals surface area contributed by atoms with Crippen molar-refractivity contribution >= 4 is 22.7 Å². The van der Waals surface area contributed by atoms with E-state index in [-0.39, 0.29) is 17.1 Å². The minimum Gasteiger partial charge on any atom is -0.422 e. The van der Waals surface area contributed by atoms with Gasteiger partial charge in [-0.2, -0.15) is 0 Å². The monoisotopic (exact) mass is 339 g/mol. The van der Waals surface area contributed by atoms with E-state index in [1.807, 2.05) is 32.9 Å². The molecule has 0 aliphatic heterocycles. The fourth-order valence-corrected chi connectivity index (χ4v) is 2.01. The Kier molecular flexibility index (Phi) is 5.73. The molecule has 0 unspecified atom stereocenters. The number of rotatable bonds is 3. The molecule has 7 heteroatoms. The smallest absolute Gasteiger partial charge is 0.363 e. The van der Waals surface area contributed by atoms with Crippen molar-refractivity contribution in [2.24, 2.45) is 0 Å². The van der Waals surface area contributed by atoms with Crippen LogP contribution >= 0.6 is 0 Å². The topological polar surface area (TPSA) is 95.2 Å². The summed E-state index contributed by atoms with van der Waals surface area (Å²) in [6.45, 7) is 5.94. The maximum atomic E-state index is 12.1. The number of fused-ring (bicyclic) bond motifs is 1. The van der Waals surface area contributed by atoms with Crippen LogP contribution in [0.25, 0.3) is 11.0 Å². The number of nitro groups is 1. The Morgan fingerprint density at radius 1 is 1.08 bits per heavy atom. The first-order valence-electron chi connectivity index (χ1n) is 7.73. The van der Waals surface area contributed by atoms with Gasteiger partial charge < -0.3 is 4.74 Å². The number of esters is 1. The molecule has 0 amide bonds. The lowest BCUT2D eigenvalue weighted by molar-refractivity contribution is -0.384. The average Bonchev–Trinajstić information content (AvgIpc) is 2.63. The minimum absolute atomic E-state index is 0.0692. The SMILES string of the molecule is CC.Cc1ccc2nc(C(=O)Oc3ccc([N+](=O)[O-])cc3)cnc2c1. The van der Waals surface area contributed by atoms with Gasteiger partial charge in [0.2, 0.25) is 0 Å². The molecule has 0 bridgehead atoms. The molecule has 3 aromatic rings. The summed E-state index contributed by atoms with van der Waals surface area (Å²) in [6.07, 6.45) is 1.34. The van der Waals surface area contributed by atoms with Crippen molar-refractivity contribution in [1.82, 2.24) is 9.97 Å². The third kappa shape index (κ3) is 4.35. The summed E-state index contributed by atoms with van der Waals surface area (Å²) < 4.78 is 5.14. The van der Waals surface area contributed by atoms with Gasteiger partial charge in [-0.05, 0) is 36.8 Å². The molecule has 2 aromatic carbocycles. The van der Waals surface area contributed by atoms with Crippen LogP contribution in [0.1, 0.15) is 29.9 Å². The van der Waals surface area contributed by atoms with Crippen molar-refractivity contribution < 1.29 is 14.5 Å². The molecule has 128 valence electrons. The molecule has 0 fully saturated rings. The second-order valence-corrected chi connectivity index (χ2v) is 4.89. The van der Waals surface area contributed by atoms with Crippen molar-refractivity contribution in [3.8, 4) is 5.75 Å². The third-order valence-electron chi connectivity index (χ3n) is 3.16. The van der Waals surface area contributed by atoms with Crippen LogP contribution in [0.15, 0.2) is 48.7 Å². The van der Waals surface area contributed by atoms with Gasteiger partial charge in [-0.3, -0.25) is 15.1 Å². The Bertz CT molecular complexity index is 908. The van der Waals surface area contributed by atoms with Gasteiger partial charge in [0.05, 0.1) is 22.2 Å². The number of aryl methyl sites for hydroxylation is 1. The summed E-state index contributed by atoms with van der Waals surface area (Å²) >= 11 is 0. The summed E-state index contributed by atoms with van der Waals surface area (Å²) in [5, 5.41) is 10.6. The highest BCUT2D eigenvalue weighted by Gasteiger charge is 2.13. The van der Waals surface area contributed by atoms with E-state index >= 15 is 0 Å². The quantitative estimate of drug-likeness (QED) is 0.309. The van der Waals surface area contributed by atoms with Gasteiger partial charge >= 0.3 is 5.97 Å². The van der Waals surface area contributed by atoms with Gasteiger partial charge in [0, 0.05) is 12.1 Å². The highest BCUT2D eigenvalue weighted by atomic mass is 16.6. The van der Waals surface area contributed by atoms with E-state index in [4.69, 9.17) is 4.74 Å². The largest absolute Gasteiger partial charge is 0.422 e. The van der Waals surface area contributed by atoms with Crippen LogP contribution in [0.4, 0.5) is 5.69 Å². The van der Waals surface area contributed by atoms with E-state index in [0.717, 1.165) is 5.56 Å². The highest BCUT2D eigenvalue weighted by Crippen LogP contribution is 2.18. The van der Waals surface area contributed by atoms with Gasteiger partial charge in [-0.15, -0.1) is 0 Å². The molecule has 0 aliphatic carbocycles. The number of carbonyl (C=O) groups is 1. The number of benzene rings is 2. The Hall–Kier alpha value is -3.35. The summed E-state index contributed by atoms with van der Waals surface area (Å²) in [6, 6.07) is 10.8. The molecule has 3 rings (SSSR count). The first-order chi connectivity index (χ1) is 12.0. The van der Waals surface area contributed by atoms with Crippen LogP contribution < -0.4 is 4.74 Å². The maximum Gasteiger partial charge on any atom is 0.363 e. The first-order valence-corrected chi connectivity index (χ1v) is 7.73. The predicted molar refractivity (Wildman–Crippen MR) is 93.7 cm³/mol. The standard InChI is InChI=1S/C16H11N3O4.C2H6/c1-10-2-7-13-14(8-10)17-9-15(18-13)16(20)23-12-5-3-11(4-6-12)19(21)22;1-2/h2-9H,1H3;1-2H3. The summed E-state index contributed by atoms with van der Waals surface area (Å²) in [7, 11) is 0. The van der Waals surface area contributed by atoms with Gasteiger partial charge in [-0.1, -0.05) is 19.9 Å². The number of nitro benzene ring substituents is 1. The Morgan fingerprint density at radius 3 is 2.40 bits per heavy atom. The van der Waals surface area contributed by atoms with Crippen LogP contribution in [-0.4, -0.2) is 20.9 Å². The summed E-state index contributed by atoms with van der Waals surface area (Å²) in [5.74, 6) is -0.472. The molecule has 1 heterocycles. The molecule has 0 atom stereocenters. The Labute approximate surface area is 144 Å². The Morgan fingerprint density at radius 2 is 1.76 bits per heavy atom. The predicted octanol–water partition coefficient (Wildman–Crippen LogP) is 4.09. The fourth-order valence-electron chi connectivity index (χ4n) is 2.01. The zero-order valence-corrected chi connectivity index (χ0v) is 14.1. The van der Waals surface area contributed by atoms with Crippen molar-refractivity contribution in [2.75, 3.05) is 0 Å². The number of non-ortho nitro benzene ring substituents is 1. The molecule has 7 nitrogen and oxygen atoms in total. The molecular formula is C18H17N3O4. The Balaban J connectivity index is 0.00000109. The molecule has 0 radical (unpaired) electrons. The number of ether oxygens (including phenoxy) is 1. The lowest BCUT2D eigenvalue weighted by Gasteiger charge is -2.04. The average molecular weight is 339 g/mol. The fraction of sp³-hybridized carbons (Fsp3) is 0.167. The number of aromatic nitrogens is 2. The third-order valence-corrected chi connectivity index (χ3v) is 3.16. The van der Waals surface area contributed by atoms with Crippen LogP contribution in [0.3, 0.4) is 0 Å². The number of hydrogen-bond acceptors (Lipinski definition) is 6. The molecule has 25 heavy (non-hydrogen) atoms. The zero-order valence-electron chi connectivity index (χ0n) is 14.1. The summed E-state index contributed by atoms with van der Waals surface area (Å²) in [5.41, 5.74) is 2.32. The van der Waals surface area contributed by atoms with Crippen molar-refractivity contribution in [1.29, 1.82) is 0 Å². The lowest BCUT2D eigenvalue weighted by atomic mass is 10.2. The van der Waals surface area contributed by atoms with Gasteiger partial charge in [0.15, 0.2) is 5.69 Å². The second kappa shape index (κ2) is 7.96. The lowest BCUT2D eigenvalue weighted by Crippen LogP contribution is -2.11. The van der Waals surface area contributed by atoms with Gasteiger partial charge in [0.1, 0.15) is 5.75 Å². The normalized spacial score (nSPS) is 9.88. The maximum absolute atomic E-state index is 12.1. The van der Waals surface area contributed by atoms with E-state index in [9.17, 15) is 14.9 Å². The number of nitrogens with zero attached hydrogens (tertiary/aromatic N) is 3. The highest BCUT2D eigenvalue weighted by molar-refractivity contribution is 5.91. The molecule has 0 aliphatic rings. The zero-order chi connectivity index (χ0) is 18.4. The van der Waals surface area contributed by atoms with Crippen LogP contribution in [-0.2, 0) is 0 Å². The van der Waals surface area contributed by atoms with Crippen molar-refractivity contribution in [3.05, 3.63) is 70.0 Å². The second-order valence-electron chi connectivity index (χ2n) is 4.89. The minimum atomic E-state index is -0.672. The first kappa shape index (κ1) is 18.0. The molecule has 0 saturated heterocycles. The van der Waals surface area contributed by atoms with Crippen LogP contribution in [0.2, 0.25) is 0 Å². The van der Waals surface area contributed by atoms with Gasteiger partial charge in [0.25, 0.3) is 5.69 Å². The van der Waals surface area contributed by atoms with Crippen LogP contribution in [0.5, 0.6) is 5.75 Å².